The summed E-state index contributed by atoms with van der Waals surface area (Å²) in [6, 6.07) is 0. The van der Waals surface area contributed by atoms with Crippen molar-refractivity contribution in [3.8, 4) is 0 Å². The summed E-state index contributed by atoms with van der Waals surface area (Å²) in [6.45, 7) is 9.72. The molecular formula is C26H41NO3. The largest absolute Gasteiger partial charge is 0.373 e. The molecule has 5 unspecified atom stereocenters. The van der Waals surface area contributed by atoms with Gasteiger partial charge >= 0.3 is 0 Å². The van der Waals surface area contributed by atoms with Crippen LogP contribution in [-0.2, 0) is 14.4 Å². The summed E-state index contributed by atoms with van der Waals surface area (Å²) in [4.78, 5) is 17.2. The van der Waals surface area contributed by atoms with E-state index in [1.165, 1.54) is 12.0 Å². The van der Waals surface area contributed by atoms with Crippen LogP contribution in [0.4, 0.5) is 0 Å². The molecule has 2 bridgehead atoms. The number of carbonyl (C=O) groups excluding carboxylic acids is 1. The summed E-state index contributed by atoms with van der Waals surface area (Å²) in [7, 11) is 0. The molecule has 0 aromatic carbocycles. The van der Waals surface area contributed by atoms with Crippen molar-refractivity contribution in [1.29, 1.82) is 0 Å². The lowest BCUT2D eigenvalue weighted by atomic mass is 9.54. The fraction of sp³-hybridized carbons (Fsp3) is 0.731. The normalized spacial score (nSPS) is 37.9. The van der Waals surface area contributed by atoms with E-state index in [0.29, 0.717) is 37.3 Å². The van der Waals surface area contributed by atoms with Gasteiger partial charge in [0.25, 0.3) is 0 Å². The van der Waals surface area contributed by atoms with Gasteiger partial charge in [0.15, 0.2) is 5.78 Å². The molecule has 2 N–H and O–H groups in total. The van der Waals surface area contributed by atoms with E-state index in [1.807, 2.05) is 32.9 Å². The Balaban J connectivity index is 0.00000124. The number of hydrogen-bond acceptors (Lipinski definition) is 4. The maximum absolute atomic E-state index is 12.0. The number of hydrogen-bond donors (Lipinski definition) is 1. The van der Waals surface area contributed by atoms with Crippen molar-refractivity contribution >= 4 is 5.78 Å². The van der Waals surface area contributed by atoms with Gasteiger partial charge in [-0.15, -0.1) is 0 Å². The predicted octanol–water partition coefficient (Wildman–Crippen LogP) is 5.69. The van der Waals surface area contributed by atoms with Crippen LogP contribution in [0.1, 0.15) is 79.1 Å². The Labute approximate surface area is 182 Å². The second-order valence-electron chi connectivity index (χ2n) is 9.60. The number of nitrogens with two attached hydrogens (primary N) is 1. The minimum Gasteiger partial charge on any atom is -0.373 e. The van der Waals surface area contributed by atoms with Gasteiger partial charge in [0.05, 0.1) is 19.3 Å². The van der Waals surface area contributed by atoms with Gasteiger partial charge in [0, 0.05) is 17.8 Å². The molecule has 0 aromatic rings. The maximum Gasteiger partial charge on any atom is 0.155 e. The molecule has 0 radical (unpaired) electrons. The molecule has 4 aliphatic rings. The van der Waals surface area contributed by atoms with Crippen LogP contribution in [0.2, 0.25) is 0 Å². The molecule has 0 aromatic heterocycles. The first-order chi connectivity index (χ1) is 14.5. The van der Waals surface area contributed by atoms with Gasteiger partial charge in [-0.25, -0.2) is 5.90 Å². The number of rotatable bonds is 5. The van der Waals surface area contributed by atoms with Crippen molar-refractivity contribution in [1.82, 2.24) is 0 Å². The van der Waals surface area contributed by atoms with Crippen molar-refractivity contribution in [2.75, 3.05) is 13.2 Å². The molecule has 0 saturated heterocycles. The van der Waals surface area contributed by atoms with E-state index in [4.69, 9.17) is 15.5 Å². The fourth-order valence-electron chi connectivity index (χ4n) is 6.57. The highest BCUT2D eigenvalue weighted by Gasteiger charge is 2.54. The van der Waals surface area contributed by atoms with Crippen LogP contribution in [0, 0.1) is 22.7 Å². The molecule has 4 aliphatic carbocycles. The number of ether oxygens (including phenoxy) is 1. The SMILES string of the molecule is C/C=C\COC1CCC2CC1(CON)CC=C1C3CCC(=O)C=C3CCC12C.CC. The Morgan fingerprint density at radius 1 is 1.23 bits per heavy atom. The lowest BCUT2D eigenvalue weighted by Crippen LogP contribution is -2.49. The van der Waals surface area contributed by atoms with Gasteiger partial charge < -0.3 is 9.57 Å². The topological polar surface area (TPSA) is 61.6 Å². The Morgan fingerprint density at radius 3 is 2.77 bits per heavy atom. The number of carbonyl (C=O) groups is 1. The molecule has 4 heteroatoms. The summed E-state index contributed by atoms with van der Waals surface area (Å²) in [5.41, 5.74) is 3.16. The average molecular weight is 416 g/mol. The van der Waals surface area contributed by atoms with Gasteiger partial charge in [-0.3, -0.25) is 4.79 Å². The standard InChI is InChI=1S/C24H35NO3.C2H6/c1-3-4-13-27-22-8-5-18-15-24(22,16-28-25)12-10-21-20-7-6-19(26)14-17(20)9-11-23(18,21)2;1-2/h3-4,10,14,18,20,22H,5-9,11-13,15-16,25H2,1-2H3;1-2H3/b4-3-;. The zero-order valence-electron chi connectivity index (χ0n) is 19.4. The van der Waals surface area contributed by atoms with Crippen molar-refractivity contribution in [3.05, 3.63) is 35.5 Å². The third-order valence-electron chi connectivity index (χ3n) is 8.18. The lowest BCUT2D eigenvalue weighted by Gasteiger charge is -2.52. The van der Waals surface area contributed by atoms with Crippen molar-refractivity contribution < 1.29 is 14.4 Å². The van der Waals surface area contributed by atoms with E-state index in [0.717, 1.165) is 38.5 Å². The molecule has 30 heavy (non-hydrogen) atoms. The molecule has 0 amide bonds. The molecule has 4 rings (SSSR count). The van der Waals surface area contributed by atoms with Crippen molar-refractivity contribution in [2.24, 2.45) is 28.6 Å². The zero-order valence-corrected chi connectivity index (χ0v) is 19.4. The summed E-state index contributed by atoms with van der Waals surface area (Å²) < 4.78 is 6.32. The van der Waals surface area contributed by atoms with Crippen LogP contribution in [0.5, 0.6) is 0 Å². The van der Waals surface area contributed by atoms with Crippen LogP contribution in [-0.4, -0.2) is 25.1 Å². The maximum atomic E-state index is 12.0. The Bertz CT molecular complexity index is 709. The molecule has 0 spiro atoms. The number of allylic oxidation sites excluding steroid dienone is 5. The molecule has 2 saturated carbocycles. The second-order valence-corrected chi connectivity index (χ2v) is 9.60. The molecule has 168 valence electrons. The van der Waals surface area contributed by atoms with Gasteiger partial charge in [0.2, 0.25) is 0 Å². The highest BCUT2D eigenvalue weighted by Crippen LogP contribution is 2.61. The first kappa shape index (κ1) is 23.4. The van der Waals surface area contributed by atoms with Crippen molar-refractivity contribution in [3.63, 3.8) is 0 Å². The van der Waals surface area contributed by atoms with Crippen LogP contribution < -0.4 is 5.90 Å². The smallest absolute Gasteiger partial charge is 0.155 e. The van der Waals surface area contributed by atoms with Gasteiger partial charge in [-0.2, -0.15) is 0 Å². The van der Waals surface area contributed by atoms with Crippen LogP contribution in [0.15, 0.2) is 35.5 Å². The second kappa shape index (κ2) is 9.93. The molecule has 0 aliphatic heterocycles. The third-order valence-corrected chi connectivity index (χ3v) is 8.18. The van der Waals surface area contributed by atoms with Crippen LogP contribution >= 0.6 is 0 Å². The molecule has 0 heterocycles. The molecule has 4 nitrogen and oxygen atoms in total. The van der Waals surface area contributed by atoms with E-state index in [9.17, 15) is 4.79 Å². The monoisotopic (exact) mass is 415 g/mol. The first-order valence-electron chi connectivity index (χ1n) is 12.0. The average Bonchev–Trinajstić information content (AvgIpc) is 2.85. The van der Waals surface area contributed by atoms with E-state index >= 15 is 0 Å². The minimum atomic E-state index is -0.0407. The predicted molar refractivity (Wildman–Crippen MR) is 122 cm³/mol. The molecule has 5 atom stereocenters. The molecular weight excluding hydrogens is 374 g/mol. The Hall–Kier alpha value is -1.23. The number of ketones is 1. The zero-order chi connectivity index (χ0) is 21.8. The fourth-order valence-corrected chi connectivity index (χ4v) is 6.57. The summed E-state index contributed by atoms with van der Waals surface area (Å²) in [5, 5.41) is 0. The number of fused-ring (bicyclic) bond motifs is 6. The summed E-state index contributed by atoms with van der Waals surface area (Å²) in [5.74, 6) is 7.04. The van der Waals surface area contributed by atoms with Gasteiger partial charge in [-0.05, 0) is 69.3 Å². The van der Waals surface area contributed by atoms with Gasteiger partial charge in [-0.1, -0.05) is 50.1 Å². The van der Waals surface area contributed by atoms with E-state index < -0.39 is 0 Å². The van der Waals surface area contributed by atoms with E-state index in [-0.39, 0.29) is 16.9 Å². The van der Waals surface area contributed by atoms with Crippen molar-refractivity contribution in [2.45, 2.75) is 85.2 Å². The molecule has 2 fully saturated rings. The van der Waals surface area contributed by atoms with Gasteiger partial charge in [0.1, 0.15) is 0 Å². The third kappa shape index (κ3) is 4.24. The lowest BCUT2D eigenvalue weighted by molar-refractivity contribution is -0.118. The Morgan fingerprint density at radius 2 is 2.03 bits per heavy atom. The minimum absolute atomic E-state index is 0.0407. The van der Waals surface area contributed by atoms with E-state index in [2.05, 4.69) is 19.1 Å². The quantitative estimate of drug-likeness (QED) is 0.463. The van der Waals surface area contributed by atoms with E-state index in [1.54, 1.807) is 5.57 Å². The summed E-state index contributed by atoms with van der Waals surface area (Å²) in [6.07, 6.45) is 17.0. The first-order valence-corrected chi connectivity index (χ1v) is 12.0. The van der Waals surface area contributed by atoms with Crippen LogP contribution in [0.3, 0.4) is 0 Å². The highest BCUT2D eigenvalue weighted by molar-refractivity contribution is 5.91. The summed E-state index contributed by atoms with van der Waals surface area (Å²) >= 11 is 0. The Kier molecular flexibility index (Phi) is 7.76. The highest BCUT2D eigenvalue weighted by atomic mass is 16.6. The van der Waals surface area contributed by atoms with Crippen LogP contribution in [0.25, 0.3) is 0 Å².